The van der Waals surface area contributed by atoms with Crippen LogP contribution in [0.5, 0.6) is 0 Å². The summed E-state index contributed by atoms with van der Waals surface area (Å²) >= 11 is 4.93. The molecule has 2 aromatic heterocycles. The van der Waals surface area contributed by atoms with Crippen molar-refractivity contribution in [2.24, 2.45) is 0 Å². The van der Waals surface area contributed by atoms with Gasteiger partial charge in [-0.3, -0.25) is 5.10 Å². The number of hydrogen-bond acceptors (Lipinski definition) is 4. The lowest BCUT2D eigenvalue weighted by Gasteiger charge is -1.83. The third-order valence-corrected chi connectivity index (χ3v) is 3.19. The summed E-state index contributed by atoms with van der Waals surface area (Å²) < 4.78 is 1.04. The van der Waals surface area contributed by atoms with Crippen molar-refractivity contribution in [2.45, 2.75) is 6.42 Å². The van der Waals surface area contributed by atoms with Crippen LogP contribution in [0.25, 0.3) is 10.7 Å². The van der Waals surface area contributed by atoms with Gasteiger partial charge in [0.2, 0.25) is 0 Å². The van der Waals surface area contributed by atoms with Crippen LogP contribution >= 0.6 is 27.3 Å². The molecule has 0 aromatic carbocycles. The van der Waals surface area contributed by atoms with Gasteiger partial charge in [-0.05, 0) is 28.1 Å². The highest BCUT2D eigenvalue weighted by atomic mass is 79.9. The van der Waals surface area contributed by atoms with Crippen LogP contribution in [0, 0.1) is 11.3 Å². The molecule has 0 aliphatic rings. The van der Waals surface area contributed by atoms with Crippen LogP contribution in [0.2, 0.25) is 0 Å². The van der Waals surface area contributed by atoms with Gasteiger partial charge in [-0.2, -0.15) is 10.4 Å². The van der Waals surface area contributed by atoms with E-state index in [0.717, 1.165) is 8.66 Å². The summed E-state index contributed by atoms with van der Waals surface area (Å²) in [5.41, 5.74) is 0. The molecule has 2 aromatic rings. The Kier molecular flexibility index (Phi) is 2.61. The van der Waals surface area contributed by atoms with Crippen LogP contribution in [-0.2, 0) is 6.42 Å². The van der Waals surface area contributed by atoms with Crippen molar-refractivity contribution in [1.29, 1.82) is 5.26 Å². The average molecular weight is 269 g/mol. The van der Waals surface area contributed by atoms with E-state index in [4.69, 9.17) is 5.26 Å². The molecule has 2 rings (SSSR count). The summed E-state index contributed by atoms with van der Waals surface area (Å²) in [5, 5.41) is 15.2. The Balaban J connectivity index is 2.30. The average Bonchev–Trinajstić information content (AvgIpc) is 2.74. The molecule has 0 saturated carbocycles. The Bertz CT molecular complexity index is 481. The summed E-state index contributed by atoms with van der Waals surface area (Å²) in [7, 11) is 0. The summed E-state index contributed by atoms with van der Waals surface area (Å²) in [6, 6.07) is 5.90. The molecule has 0 atom stereocenters. The molecule has 0 bridgehead atoms. The van der Waals surface area contributed by atoms with Crippen LogP contribution in [-0.4, -0.2) is 15.2 Å². The van der Waals surface area contributed by atoms with E-state index in [1.54, 1.807) is 11.3 Å². The van der Waals surface area contributed by atoms with Crippen molar-refractivity contribution in [1.82, 2.24) is 15.2 Å². The van der Waals surface area contributed by atoms with Gasteiger partial charge in [0, 0.05) is 0 Å². The van der Waals surface area contributed by atoms with E-state index in [0.29, 0.717) is 11.6 Å². The number of nitrogens with zero attached hydrogens (tertiary/aromatic N) is 3. The number of hydrogen-bond donors (Lipinski definition) is 1. The zero-order chi connectivity index (χ0) is 9.97. The Hall–Kier alpha value is -1.19. The third kappa shape index (κ3) is 1.84. The molecular weight excluding hydrogens is 264 g/mol. The Morgan fingerprint density at radius 2 is 2.43 bits per heavy atom. The summed E-state index contributed by atoms with van der Waals surface area (Å²) in [4.78, 5) is 5.17. The Morgan fingerprint density at radius 3 is 3.07 bits per heavy atom. The predicted molar refractivity (Wildman–Crippen MR) is 56.7 cm³/mol. The topological polar surface area (TPSA) is 65.4 Å². The second-order valence-electron chi connectivity index (χ2n) is 2.54. The van der Waals surface area contributed by atoms with E-state index in [-0.39, 0.29) is 6.42 Å². The van der Waals surface area contributed by atoms with Crippen molar-refractivity contribution in [2.75, 3.05) is 0 Å². The molecular formula is C8H5BrN4S. The normalized spacial score (nSPS) is 10.0. The van der Waals surface area contributed by atoms with Gasteiger partial charge in [0.1, 0.15) is 5.82 Å². The van der Waals surface area contributed by atoms with E-state index in [1.807, 2.05) is 18.2 Å². The quantitative estimate of drug-likeness (QED) is 0.910. The molecule has 0 aliphatic heterocycles. The SMILES string of the molecule is N#CCc1nc(-c2ccc(Br)s2)n[nH]1. The van der Waals surface area contributed by atoms with Crippen molar-refractivity contribution in [3.05, 3.63) is 21.7 Å². The van der Waals surface area contributed by atoms with Crippen LogP contribution in [0.15, 0.2) is 15.9 Å². The molecule has 0 radical (unpaired) electrons. The fourth-order valence-electron chi connectivity index (χ4n) is 0.994. The lowest BCUT2D eigenvalue weighted by atomic mass is 10.4. The number of aromatic nitrogens is 3. The minimum atomic E-state index is 0.263. The van der Waals surface area contributed by atoms with E-state index in [2.05, 4.69) is 31.1 Å². The maximum absolute atomic E-state index is 8.46. The summed E-state index contributed by atoms with van der Waals surface area (Å²) in [6.07, 6.45) is 0.263. The van der Waals surface area contributed by atoms with Crippen molar-refractivity contribution < 1.29 is 0 Å². The molecule has 0 unspecified atom stereocenters. The monoisotopic (exact) mass is 268 g/mol. The summed E-state index contributed by atoms with van der Waals surface area (Å²) in [6.45, 7) is 0. The number of thiophene rings is 1. The molecule has 6 heteroatoms. The summed E-state index contributed by atoms with van der Waals surface area (Å²) in [5.74, 6) is 1.25. The second-order valence-corrected chi connectivity index (χ2v) is 5.01. The van der Waals surface area contributed by atoms with Gasteiger partial charge in [0.15, 0.2) is 5.82 Å². The molecule has 1 N–H and O–H groups in total. The zero-order valence-electron chi connectivity index (χ0n) is 6.99. The lowest BCUT2D eigenvalue weighted by Crippen LogP contribution is -1.83. The zero-order valence-corrected chi connectivity index (χ0v) is 9.39. The first kappa shape index (κ1) is 9.37. The van der Waals surface area contributed by atoms with Gasteiger partial charge in [-0.25, -0.2) is 4.98 Å². The van der Waals surface area contributed by atoms with E-state index < -0.39 is 0 Å². The maximum atomic E-state index is 8.46. The number of aromatic amines is 1. The van der Waals surface area contributed by atoms with Crippen LogP contribution in [0.4, 0.5) is 0 Å². The fourth-order valence-corrected chi connectivity index (χ4v) is 2.31. The van der Waals surface area contributed by atoms with Crippen molar-refractivity contribution in [3.63, 3.8) is 0 Å². The first-order valence-electron chi connectivity index (χ1n) is 3.83. The second kappa shape index (κ2) is 3.90. The van der Waals surface area contributed by atoms with E-state index in [1.165, 1.54) is 0 Å². The van der Waals surface area contributed by atoms with Crippen LogP contribution in [0.1, 0.15) is 5.82 Å². The fraction of sp³-hybridized carbons (Fsp3) is 0.125. The van der Waals surface area contributed by atoms with Gasteiger partial charge in [-0.1, -0.05) is 0 Å². The number of nitrogens with one attached hydrogen (secondary N) is 1. The first-order chi connectivity index (χ1) is 6.79. The highest BCUT2D eigenvalue weighted by Crippen LogP contribution is 2.28. The standard InChI is InChI=1S/C8H5BrN4S/c9-6-2-1-5(14-6)8-11-7(3-4-10)12-13-8/h1-2H,3H2,(H,11,12,13). The highest BCUT2D eigenvalue weighted by Gasteiger charge is 2.07. The van der Waals surface area contributed by atoms with Gasteiger partial charge < -0.3 is 0 Å². The molecule has 0 spiro atoms. The molecule has 0 fully saturated rings. The molecule has 4 nitrogen and oxygen atoms in total. The molecule has 70 valence electrons. The minimum Gasteiger partial charge on any atom is -0.262 e. The third-order valence-electron chi connectivity index (χ3n) is 1.57. The van der Waals surface area contributed by atoms with Gasteiger partial charge in [0.25, 0.3) is 0 Å². The first-order valence-corrected chi connectivity index (χ1v) is 5.44. The largest absolute Gasteiger partial charge is 0.262 e. The lowest BCUT2D eigenvalue weighted by molar-refractivity contribution is 0.996. The predicted octanol–water partition coefficient (Wildman–Crippen LogP) is 2.36. The molecule has 2 heterocycles. The van der Waals surface area contributed by atoms with Crippen LogP contribution in [0.3, 0.4) is 0 Å². The number of H-pyrrole nitrogens is 1. The number of halogens is 1. The number of nitriles is 1. The molecule has 14 heavy (non-hydrogen) atoms. The maximum Gasteiger partial charge on any atom is 0.191 e. The molecule has 0 aliphatic carbocycles. The number of rotatable bonds is 2. The smallest absolute Gasteiger partial charge is 0.191 e. The van der Waals surface area contributed by atoms with Crippen molar-refractivity contribution >= 4 is 27.3 Å². The van der Waals surface area contributed by atoms with Gasteiger partial charge in [-0.15, -0.1) is 11.3 Å². The minimum absolute atomic E-state index is 0.263. The Labute approximate surface area is 92.7 Å². The van der Waals surface area contributed by atoms with Gasteiger partial charge in [0.05, 0.1) is 21.2 Å². The van der Waals surface area contributed by atoms with Crippen LogP contribution < -0.4 is 0 Å². The highest BCUT2D eigenvalue weighted by molar-refractivity contribution is 9.11. The molecule has 0 amide bonds. The van der Waals surface area contributed by atoms with Gasteiger partial charge >= 0.3 is 0 Å². The van der Waals surface area contributed by atoms with E-state index >= 15 is 0 Å². The van der Waals surface area contributed by atoms with E-state index in [9.17, 15) is 0 Å². The molecule has 0 saturated heterocycles. The Morgan fingerprint density at radius 1 is 1.57 bits per heavy atom. The van der Waals surface area contributed by atoms with Crippen molar-refractivity contribution in [3.8, 4) is 16.8 Å².